The van der Waals surface area contributed by atoms with Crippen LogP contribution in [0.15, 0.2) is 54.6 Å². The molecule has 0 aliphatic heterocycles. The summed E-state index contributed by atoms with van der Waals surface area (Å²) in [6, 6.07) is 17.7. The van der Waals surface area contributed by atoms with Crippen LogP contribution in [0.2, 0.25) is 19.6 Å². The van der Waals surface area contributed by atoms with E-state index in [9.17, 15) is 0 Å². The lowest BCUT2D eigenvalue weighted by atomic mass is 10.2. The lowest BCUT2D eigenvalue weighted by Crippen LogP contribution is -2.16. The van der Waals surface area contributed by atoms with Crippen molar-refractivity contribution in [2.75, 3.05) is 0 Å². The normalized spacial score (nSPS) is 10.5. The Morgan fingerprint density at radius 3 is 1.95 bits per heavy atom. The molecule has 0 fully saturated rings. The fourth-order valence-electron chi connectivity index (χ4n) is 1.49. The second-order valence-corrected chi connectivity index (χ2v) is 10.2. The summed E-state index contributed by atoms with van der Waals surface area (Å²) in [5.74, 6) is 4.92. The van der Waals surface area contributed by atoms with Gasteiger partial charge in [0.15, 0.2) is 0 Å². The summed E-state index contributed by atoms with van der Waals surface area (Å²) in [5, 5.41) is 0. The molecule has 0 radical (unpaired) electrons. The molecule has 96 valence electrons. The summed E-state index contributed by atoms with van der Waals surface area (Å²) in [6.45, 7) is 6.73. The van der Waals surface area contributed by atoms with Crippen LogP contribution < -0.4 is 4.74 Å². The van der Waals surface area contributed by atoms with E-state index in [2.05, 4.69) is 31.1 Å². The van der Waals surface area contributed by atoms with Crippen molar-refractivity contribution < 1.29 is 4.74 Å². The summed E-state index contributed by atoms with van der Waals surface area (Å²) < 4.78 is 5.74. The largest absolute Gasteiger partial charge is 0.457 e. The fourth-order valence-corrected chi connectivity index (χ4v) is 2.01. The Morgan fingerprint density at radius 2 is 1.37 bits per heavy atom. The topological polar surface area (TPSA) is 9.23 Å². The minimum Gasteiger partial charge on any atom is -0.457 e. The summed E-state index contributed by atoms with van der Waals surface area (Å²) >= 11 is 0. The first-order valence-corrected chi connectivity index (χ1v) is 9.89. The van der Waals surface area contributed by atoms with Gasteiger partial charge in [-0.3, -0.25) is 0 Å². The van der Waals surface area contributed by atoms with E-state index in [1.54, 1.807) is 0 Å². The highest BCUT2D eigenvalue weighted by molar-refractivity contribution is 6.83. The van der Waals surface area contributed by atoms with E-state index in [4.69, 9.17) is 4.74 Å². The van der Waals surface area contributed by atoms with Gasteiger partial charge in [-0.2, -0.15) is 0 Å². The van der Waals surface area contributed by atoms with Crippen LogP contribution in [-0.2, 0) is 0 Å². The van der Waals surface area contributed by atoms with Crippen LogP contribution in [-0.4, -0.2) is 8.07 Å². The maximum Gasteiger partial charge on any atom is 0.129 e. The Hall–Kier alpha value is -1.98. The zero-order valence-corrected chi connectivity index (χ0v) is 12.6. The molecule has 0 amide bonds. The maximum absolute atomic E-state index is 5.74. The quantitative estimate of drug-likeness (QED) is 0.565. The van der Waals surface area contributed by atoms with Crippen molar-refractivity contribution in [1.29, 1.82) is 0 Å². The van der Waals surface area contributed by atoms with Gasteiger partial charge in [-0.1, -0.05) is 43.8 Å². The van der Waals surface area contributed by atoms with Gasteiger partial charge in [0.25, 0.3) is 0 Å². The summed E-state index contributed by atoms with van der Waals surface area (Å²) in [7, 11) is -1.31. The van der Waals surface area contributed by atoms with E-state index < -0.39 is 8.07 Å². The third-order valence-electron chi connectivity index (χ3n) is 2.42. The van der Waals surface area contributed by atoms with Crippen LogP contribution in [0, 0.1) is 11.5 Å². The van der Waals surface area contributed by atoms with Crippen LogP contribution >= 0.6 is 0 Å². The Bertz CT molecular complexity index is 583. The number of rotatable bonds is 2. The first kappa shape index (κ1) is 13.4. The van der Waals surface area contributed by atoms with Gasteiger partial charge < -0.3 is 4.74 Å². The standard InChI is InChI=1S/C17H18OSi/c1-19(2,3)14-13-15-9-11-17(12-10-15)18-16-7-5-4-6-8-16/h4-12H,1-3H3. The average Bonchev–Trinajstić information content (AvgIpc) is 2.38. The highest BCUT2D eigenvalue weighted by Gasteiger charge is 2.07. The van der Waals surface area contributed by atoms with Gasteiger partial charge in [0.1, 0.15) is 19.6 Å². The monoisotopic (exact) mass is 266 g/mol. The zero-order chi connectivity index (χ0) is 13.7. The molecule has 0 saturated carbocycles. The van der Waals surface area contributed by atoms with Crippen LogP contribution in [0.25, 0.3) is 0 Å². The van der Waals surface area contributed by atoms with Gasteiger partial charge in [0, 0.05) is 5.56 Å². The molecule has 2 aromatic carbocycles. The third kappa shape index (κ3) is 4.65. The molecule has 0 bridgehead atoms. The minimum atomic E-state index is -1.31. The van der Waals surface area contributed by atoms with Crippen LogP contribution in [0.1, 0.15) is 5.56 Å². The van der Waals surface area contributed by atoms with E-state index >= 15 is 0 Å². The van der Waals surface area contributed by atoms with Gasteiger partial charge in [-0.15, -0.1) is 5.54 Å². The smallest absolute Gasteiger partial charge is 0.129 e. The van der Waals surface area contributed by atoms with Crippen molar-refractivity contribution >= 4 is 8.07 Å². The van der Waals surface area contributed by atoms with Crippen molar-refractivity contribution in [3.63, 3.8) is 0 Å². The molecule has 2 aromatic rings. The summed E-state index contributed by atoms with van der Waals surface area (Å²) in [6.07, 6.45) is 0. The molecule has 0 saturated heterocycles. The zero-order valence-electron chi connectivity index (χ0n) is 11.6. The number of para-hydroxylation sites is 1. The minimum absolute atomic E-state index is 0.838. The van der Waals surface area contributed by atoms with Gasteiger partial charge in [-0.05, 0) is 36.4 Å². The lowest BCUT2D eigenvalue weighted by Gasteiger charge is -2.05. The van der Waals surface area contributed by atoms with Crippen molar-refractivity contribution in [3.05, 3.63) is 60.2 Å². The molecule has 0 N–H and O–H groups in total. The Balaban J connectivity index is 2.08. The summed E-state index contributed by atoms with van der Waals surface area (Å²) in [5.41, 5.74) is 4.40. The van der Waals surface area contributed by atoms with Crippen LogP contribution in [0.3, 0.4) is 0 Å². The number of benzene rings is 2. The number of hydrogen-bond acceptors (Lipinski definition) is 1. The SMILES string of the molecule is C[Si](C)(C)C#Cc1ccc(Oc2ccccc2)cc1. The molecule has 1 nitrogen and oxygen atoms in total. The molecule has 19 heavy (non-hydrogen) atoms. The van der Waals surface area contributed by atoms with Gasteiger partial charge >= 0.3 is 0 Å². The second kappa shape index (κ2) is 5.77. The van der Waals surface area contributed by atoms with Gasteiger partial charge in [0.05, 0.1) is 0 Å². The molecular formula is C17H18OSi. The molecule has 0 heterocycles. The second-order valence-electron chi connectivity index (χ2n) is 5.44. The first-order valence-electron chi connectivity index (χ1n) is 6.39. The van der Waals surface area contributed by atoms with E-state index in [1.165, 1.54) is 0 Å². The molecule has 0 unspecified atom stereocenters. The van der Waals surface area contributed by atoms with Gasteiger partial charge in [0.2, 0.25) is 0 Å². The van der Waals surface area contributed by atoms with E-state index in [0.717, 1.165) is 17.1 Å². The molecule has 2 heteroatoms. The Morgan fingerprint density at radius 1 is 0.789 bits per heavy atom. The van der Waals surface area contributed by atoms with Crippen LogP contribution in [0.5, 0.6) is 11.5 Å². The number of ether oxygens (including phenoxy) is 1. The molecule has 0 atom stereocenters. The van der Waals surface area contributed by atoms with E-state index in [-0.39, 0.29) is 0 Å². The number of hydrogen-bond donors (Lipinski definition) is 0. The third-order valence-corrected chi connectivity index (χ3v) is 3.29. The lowest BCUT2D eigenvalue weighted by molar-refractivity contribution is 0.482. The molecule has 0 aliphatic carbocycles. The molecular weight excluding hydrogens is 248 g/mol. The highest BCUT2D eigenvalue weighted by Crippen LogP contribution is 2.20. The predicted octanol–water partition coefficient (Wildman–Crippen LogP) is 4.71. The predicted molar refractivity (Wildman–Crippen MR) is 83.2 cm³/mol. The van der Waals surface area contributed by atoms with Crippen molar-refractivity contribution in [2.45, 2.75) is 19.6 Å². The average molecular weight is 266 g/mol. The van der Waals surface area contributed by atoms with Crippen molar-refractivity contribution in [3.8, 4) is 23.0 Å². The Kier molecular flexibility index (Phi) is 4.09. The van der Waals surface area contributed by atoms with Crippen molar-refractivity contribution in [2.24, 2.45) is 0 Å². The Labute approximate surface area is 116 Å². The molecule has 0 aromatic heterocycles. The van der Waals surface area contributed by atoms with Crippen LogP contribution in [0.4, 0.5) is 0 Å². The molecule has 0 spiro atoms. The summed E-state index contributed by atoms with van der Waals surface area (Å²) in [4.78, 5) is 0. The first-order chi connectivity index (χ1) is 9.03. The molecule has 2 rings (SSSR count). The maximum atomic E-state index is 5.74. The van der Waals surface area contributed by atoms with E-state index in [1.807, 2.05) is 54.6 Å². The molecule has 0 aliphatic rings. The highest BCUT2D eigenvalue weighted by atomic mass is 28.3. The fraction of sp³-hybridized carbons (Fsp3) is 0.176. The van der Waals surface area contributed by atoms with Gasteiger partial charge in [-0.25, -0.2) is 0 Å². The van der Waals surface area contributed by atoms with Crippen molar-refractivity contribution in [1.82, 2.24) is 0 Å². The van der Waals surface area contributed by atoms with E-state index in [0.29, 0.717) is 0 Å².